The van der Waals surface area contributed by atoms with Gasteiger partial charge < -0.3 is 10.1 Å². The zero-order chi connectivity index (χ0) is 19.2. The Morgan fingerprint density at radius 1 is 1.15 bits per heavy atom. The average Bonchev–Trinajstić information content (AvgIpc) is 3.14. The fourth-order valence-corrected chi connectivity index (χ4v) is 2.99. The van der Waals surface area contributed by atoms with Crippen LogP contribution in [0.2, 0.25) is 0 Å². The number of ether oxygens (including phenoxy) is 1. The first-order chi connectivity index (χ1) is 13.0. The molecular weight excluding hydrogens is 340 g/mol. The van der Waals surface area contributed by atoms with Crippen molar-refractivity contribution in [2.45, 2.75) is 32.3 Å². The quantitative estimate of drug-likeness (QED) is 0.652. The maximum atomic E-state index is 12.2. The third-order valence-corrected chi connectivity index (χ3v) is 4.48. The molecule has 1 amide bonds. The molecule has 0 saturated carbocycles. The number of hydrogen-bond acceptors (Lipinski definition) is 4. The molecule has 136 valence electrons. The van der Waals surface area contributed by atoms with Gasteiger partial charge in [-0.3, -0.25) is 4.79 Å². The van der Waals surface area contributed by atoms with Crippen LogP contribution in [-0.4, -0.2) is 18.0 Å². The van der Waals surface area contributed by atoms with Gasteiger partial charge in [-0.2, -0.15) is 5.26 Å². The lowest BCUT2D eigenvalue weighted by Crippen LogP contribution is -2.29. The summed E-state index contributed by atoms with van der Waals surface area (Å²) < 4.78 is 5.15. The van der Waals surface area contributed by atoms with Gasteiger partial charge >= 0.3 is 5.97 Å². The van der Waals surface area contributed by atoms with Crippen molar-refractivity contribution in [1.82, 2.24) is 0 Å². The molecule has 0 bridgehead atoms. The summed E-state index contributed by atoms with van der Waals surface area (Å²) in [5.41, 5.74) is 4.63. The summed E-state index contributed by atoms with van der Waals surface area (Å²) in [6, 6.07) is 14.7. The van der Waals surface area contributed by atoms with E-state index < -0.39 is 12.1 Å². The van der Waals surface area contributed by atoms with E-state index in [9.17, 15) is 9.59 Å². The van der Waals surface area contributed by atoms with Gasteiger partial charge in [0, 0.05) is 11.8 Å². The van der Waals surface area contributed by atoms with Crippen molar-refractivity contribution < 1.29 is 14.3 Å². The van der Waals surface area contributed by atoms with Crippen molar-refractivity contribution in [2.75, 3.05) is 5.32 Å². The van der Waals surface area contributed by atoms with Crippen molar-refractivity contribution in [1.29, 1.82) is 5.26 Å². The molecule has 0 aromatic heterocycles. The Hall–Kier alpha value is -3.39. The molecule has 5 nitrogen and oxygen atoms in total. The number of nitrogens with one attached hydrogen (secondary N) is 1. The molecule has 1 atom stereocenters. The van der Waals surface area contributed by atoms with Gasteiger partial charge in [0.25, 0.3) is 5.91 Å². The van der Waals surface area contributed by atoms with Crippen molar-refractivity contribution in [3.63, 3.8) is 0 Å². The number of rotatable bonds is 5. The SMILES string of the molecule is C[C@@H](OC(=O)/C=C/c1ccc(C#N)cc1)C(=O)Nc1ccc2c(c1)CCC2. The Labute approximate surface area is 158 Å². The first-order valence-corrected chi connectivity index (χ1v) is 8.86. The number of anilines is 1. The van der Waals surface area contributed by atoms with Crippen molar-refractivity contribution >= 4 is 23.6 Å². The van der Waals surface area contributed by atoms with Gasteiger partial charge in [0.15, 0.2) is 6.10 Å². The summed E-state index contributed by atoms with van der Waals surface area (Å²) >= 11 is 0. The van der Waals surface area contributed by atoms with Crippen LogP contribution < -0.4 is 5.32 Å². The van der Waals surface area contributed by atoms with Gasteiger partial charge in [-0.1, -0.05) is 18.2 Å². The van der Waals surface area contributed by atoms with Crippen LogP contribution in [0.25, 0.3) is 6.08 Å². The van der Waals surface area contributed by atoms with Crippen LogP contribution in [0.5, 0.6) is 0 Å². The Morgan fingerprint density at radius 3 is 2.63 bits per heavy atom. The van der Waals surface area contributed by atoms with E-state index in [2.05, 4.69) is 5.32 Å². The largest absolute Gasteiger partial charge is 0.449 e. The van der Waals surface area contributed by atoms with Gasteiger partial charge in [-0.15, -0.1) is 0 Å². The fraction of sp³-hybridized carbons (Fsp3) is 0.227. The van der Waals surface area contributed by atoms with Crippen LogP contribution in [-0.2, 0) is 27.2 Å². The molecule has 0 heterocycles. The molecule has 0 saturated heterocycles. The number of carbonyl (C=O) groups is 2. The summed E-state index contributed by atoms with van der Waals surface area (Å²) in [5.74, 6) is -0.968. The average molecular weight is 360 g/mol. The minimum absolute atomic E-state index is 0.368. The first kappa shape index (κ1) is 18.4. The second-order valence-corrected chi connectivity index (χ2v) is 6.47. The van der Waals surface area contributed by atoms with Crippen LogP contribution in [0, 0.1) is 11.3 Å². The number of benzene rings is 2. The van der Waals surface area contributed by atoms with Crippen LogP contribution in [0.4, 0.5) is 5.69 Å². The van der Waals surface area contributed by atoms with Gasteiger partial charge in [0.1, 0.15) is 0 Å². The van der Waals surface area contributed by atoms with Gasteiger partial charge in [0.2, 0.25) is 0 Å². The molecule has 1 aliphatic carbocycles. The molecule has 0 fully saturated rings. The maximum absolute atomic E-state index is 12.2. The van der Waals surface area contributed by atoms with Crippen LogP contribution in [0.1, 0.15) is 35.6 Å². The second-order valence-electron chi connectivity index (χ2n) is 6.47. The third kappa shape index (κ3) is 4.83. The van der Waals surface area contributed by atoms with Gasteiger partial charge in [0.05, 0.1) is 11.6 Å². The first-order valence-electron chi connectivity index (χ1n) is 8.86. The number of esters is 1. The normalized spacial score (nSPS) is 13.6. The molecule has 27 heavy (non-hydrogen) atoms. The molecule has 0 unspecified atom stereocenters. The summed E-state index contributed by atoms with van der Waals surface area (Å²) in [6.45, 7) is 1.54. The highest BCUT2D eigenvalue weighted by atomic mass is 16.5. The van der Waals surface area contributed by atoms with E-state index in [1.807, 2.05) is 24.3 Å². The topological polar surface area (TPSA) is 79.2 Å². The molecule has 0 aliphatic heterocycles. The number of aryl methyl sites for hydroxylation is 2. The minimum atomic E-state index is -0.906. The highest BCUT2D eigenvalue weighted by Gasteiger charge is 2.18. The molecule has 0 radical (unpaired) electrons. The predicted octanol–water partition coefficient (Wildman–Crippen LogP) is 3.63. The van der Waals surface area contributed by atoms with Crippen molar-refractivity contribution in [3.8, 4) is 6.07 Å². The van der Waals surface area contributed by atoms with Gasteiger partial charge in [-0.05, 0) is 73.2 Å². The summed E-state index contributed by atoms with van der Waals surface area (Å²) in [6.07, 6.45) is 5.20. The smallest absolute Gasteiger partial charge is 0.331 e. The van der Waals surface area contributed by atoms with E-state index in [-0.39, 0.29) is 5.91 Å². The maximum Gasteiger partial charge on any atom is 0.331 e. The molecule has 3 rings (SSSR count). The Balaban J connectivity index is 1.53. The van der Waals surface area contributed by atoms with Crippen molar-refractivity contribution in [2.24, 2.45) is 0 Å². The molecule has 5 heteroatoms. The van der Waals surface area contributed by atoms with E-state index >= 15 is 0 Å². The molecule has 2 aromatic carbocycles. The molecular formula is C22H20N2O3. The summed E-state index contributed by atoms with van der Waals surface area (Å²) in [4.78, 5) is 24.2. The Morgan fingerprint density at radius 2 is 1.89 bits per heavy atom. The van der Waals surface area contributed by atoms with E-state index in [1.54, 1.807) is 30.3 Å². The second kappa shape index (κ2) is 8.33. The number of carbonyl (C=O) groups excluding carboxylic acids is 2. The highest BCUT2D eigenvalue weighted by molar-refractivity contribution is 5.96. The summed E-state index contributed by atoms with van der Waals surface area (Å²) in [5, 5.41) is 11.6. The fourth-order valence-electron chi connectivity index (χ4n) is 2.99. The standard InChI is InChI=1S/C22H20N2O3/c1-15(22(26)24-20-11-10-18-3-2-4-19(18)13-20)27-21(25)12-9-16-5-7-17(14-23)8-6-16/h5-13,15H,2-4H2,1H3,(H,24,26)/b12-9+/t15-/m1/s1. The number of amides is 1. The molecule has 2 aromatic rings. The zero-order valence-corrected chi connectivity index (χ0v) is 15.1. The number of hydrogen-bond donors (Lipinski definition) is 1. The highest BCUT2D eigenvalue weighted by Crippen LogP contribution is 2.25. The lowest BCUT2D eigenvalue weighted by molar-refractivity contribution is -0.148. The third-order valence-electron chi connectivity index (χ3n) is 4.48. The monoisotopic (exact) mass is 360 g/mol. The predicted molar refractivity (Wildman–Crippen MR) is 103 cm³/mol. The Kier molecular flexibility index (Phi) is 5.68. The van der Waals surface area contributed by atoms with Crippen LogP contribution in [0.15, 0.2) is 48.5 Å². The number of nitrogens with zero attached hydrogens (tertiary/aromatic N) is 1. The van der Waals surface area contributed by atoms with E-state index in [4.69, 9.17) is 10.00 Å². The van der Waals surface area contributed by atoms with Gasteiger partial charge in [-0.25, -0.2) is 4.79 Å². The lowest BCUT2D eigenvalue weighted by atomic mass is 10.1. The van der Waals surface area contributed by atoms with Crippen molar-refractivity contribution in [3.05, 3.63) is 70.8 Å². The minimum Gasteiger partial charge on any atom is -0.449 e. The Bertz CT molecular complexity index is 924. The number of nitriles is 1. The zero-order valence-electron chi connectivity index (χ0n) is 15.1. The van der Waals surface area contributed by atoms with E-state index in [1.165, 1.54) is 24.1 Å². The summed E-state index contributed by atoms with van der Waals surface area (Å²) in [7, 11) is 0. The van der Waals surface area contributed by atoms with E-state index in [0.29, 0.717) is 5.56 Å². The van der Waals surface area contributed by atoms with E-state index in [0.717, 1.165) is 30.5 Å². The molecule has 1 N–H and O–H groups in total. The molecule has 0 spiro atoms. The lowest BCUT2D eigenvalue weighted by Gasteiger charge is -2.13. The van der Waals surface area contributed by atoms with Crippen LogP contribution >= 0.6 is 0 Å². The van der Waals surface area contributed by atoms with Crippen LogP contribution in [0.3, 0.4) is 0 Å². The number of fused-ring (bicyclic) bond motifs is 1. The molecule has 1 aliphatic rings.